The first-order chi connectivity index (χ1) is 15.2. The van der Waals surface area contributed by atoms with Crippen LogP contribution in [-0.2, 0) is 0 Å². The van der Waals surface area contributed by atoms with Gasteiger partial charge < -0.3 is 0 Å². The van der Waals surface area contributed by atoms with Crippen LogP contribution in [0.3, 0.4) is 0 Å². The third-order valence-electron chi connectivity index (χ3n) is 5.96. The molecule has 0 aliphatic heterocycles. The molecule has 0 saturated heterocycles. The summed E-state index contributed by atoms with van der Waals surface area (Å²) in [6.45, 7) is 0. The van der Waals surface area contributed by atoms with Gasteiger partial charge in [0.25, 0.3) is 0 Å². The highest BCUT2D eigenvalue weighted by molar-refractivity contribution is 6.02. The van der Waals surface area contributed by atoms with E-state index in [4.69, 9.17) is 0 Å². The van der Waals surface area contributed by atoms with Crippen molar-refractivity contribution in [1.82, 2.24) is 10.2 Å². The summed E-state index contributed by atoms with van der Waals surface area (Å²) in [5.74, 6) is -0.771. The van der Waals surface area contributed by atoms with Crippen molar-refractivity contribution in [2.24, 2.45) is 5.92 Å². The monoisotopic (exact) mass is 410 g/mol. The van der Waals surface area contributed by atoms with Gasteiger partial charge in [-0.2, -0.15) is 9.65 Å². The van der Waals surface area contributed by atoms with Crippen LogP contribution in [0.2, 0.25) is 0 Å². The molecule has 0 unspecified atom stereocenters. The zero-order chi connectivity index (χ0) is 21.4. The van der Waals surface area contributed by atoms with E-state index in [0.717, 1.165) is 41.5 Å². The number of hydrogen-bond acceptors (Lipinski definition) is 2. The largest absolute Gasteiger partial charge is 0.275 e. The molecule has 1 aliphatic carbocycles. The van der Waals surface area contributed by atoms with Crippen LogP contribution in [0.4, 0.5) is 8.78 Å². The Morgan fingerprint density at radius 2 is 1.97 bits per heavy atom. The number of rotatable bonds is 4. The Kier molecular flexibility index (Phi) is 4.83. The number of aromatic nitrogens is 2. The highest BCUT2D eigenvalue weighted by Gasteiger charge is 2.29. The van der Waals surface area contributed by atoms with Crippen LogP contribution in [0, 0.1) is 35.1 Å². The van der Waals surface area contributed by atoms with Crippen LogP contribution in [0.1, 0.15) is 41.5 Å². The van der Waals surface area contributed by atoms with Crippen molar-refractivity contribution in [2.45, 2.75) is 19.3 Å². The number of benzene rings is 3. The Balaban J connectivity index is 1.86. The van der Waals surface area contributed by atoms with Crippen LogP contribution < -0.4 is 0 Å². The van der Waals surface area contributed by atoms with Crippen LogP contribution in [-0.4, -0.2) is 10.2 Å². The summed E-state index contributed by atoms with van der Waals surface area (Å²) in [6, 6.07) is 22.9. The van der Waals surface area contributed by atoms with Gasteiger partial charge in [0.15, 0.2) is 0 Å². The fraction of sp³-hybridized carbons (Fsp3) is 0.154. The summed E-state index contributed by atoms with van der Waals surface area (Å²) in [4.78, 5) is 0. The Bertz CT molecular complexity index is 1340. The van der Waals surface area contributed by atoms with Crippen molar-refractivity contribution in [3.63, 3.8) is 0 Å². The van der Waals surface area contributed by atoms with Crippen LogP contribution in [0.15, 0.2) is 60.7 Å². The maximum Gasteiger partial charge on any atom is 0.240 e. The van der Waals surface area contributed by atoms with E-state index in [1.165, 1.54) is 12.1 Å². The number of nitrogens with zero attached hydrogens (tertiary/aromatic N) is 2. The average molecular weight is 410 g/mol. The van der Waals surface area contributed by atoms with Gasteiger partial charge in [-0.15, -0.1) is 5.10 Å². The zero-order valence-corrected chi connectivity index (χ0v) is 16.6. The minimum atomic E-state index is -0.557. The van der Waals surface area contributed by atoms with Gasteiger partial charge in [-0.1, -0.05) is 42.8 Å². The molecule has 1 aliphatic rings. The van der Waals surface area contributed by atoms with Crippen LogP contribution in [0.25, 0.3) is 22.0 Å². The van der Waals surface area contributed by atoms with Gasteiger partial charge in [-0.05, 0) is 76.9 Å². The summed E-state index contributed by atoms with van der Waals surface area (Å²) in [5.41, 5.74) is 5.15. The molecule has 151 valence electrons. The van der Waals surface area contributed by atoms with E-state index < -0.39 is 11.8 Å². The summed E-state index contributed by atoms with van der Waals surface area (Å²) < 4.78 is 28.2. The van der Waals surface area contributed by atoms with E-state index in [2.05, 4.69) is 22.3 Å². The smallest absolute Gasteiger partial charge is 0.240 e. The van der Waals surface area contributed by atoms with Gasteiger partial charge in [0, 0.05) is 0 Å². The molecule has 1 N–H and O–H groups in total. The first-order valence-corrected chi connectivity index (χ1v) is 10.2. The second kappa shape index (κ2) is 7.81. The van der Waals surface area contributed by atoms with E-state index in [1.807, 2.05) is 30.3 Å². The first kappa shape index (κ1) is 19.2. The molecular weight excluding hydrogens is 392 g/mol. The molecule has 1 aromatic heterocycles. The van der Waals surface area contributed by atoms with E-state index in [9.17, 15) is 14.0 Å². The molecule has 0 spiro atoms. The Labute approximate surface area is 178 Å². The van der Waals surface area contributed by atoms with Gasteiger partial charge in [0.2, 0.25) is 5.95 Å². The molecule has 3 aromatic carbocycles. The van der Waals surface area contributed by atoms with Gasteiger partial charge in [-0.3, -0.25) is 5.10 Å². The maximum atomic E-state index is 14.3. The van der Waals surface area contributed by atoms with Gasteiger partial charge >= 0.3 is 0 Å². The number of hydrogen-bond donors (Lipinski definition) is 1. The minimum Gasteiger partial charge on any atom is -0.275 e. The van der Waals surface area contributed by atoms with E-state index in [-0.39, 0.29) is 5.92 Å². The minimum absolute atomic E-state index is 0.228. The normalized spacial score (nSPS) is 14.7. The quantitative estimate of drug-likeness (QED) is 0.403. The molecular formula is C26H18F2N3. The SMILES string of the molecule is N#Cc1cc(F)ccc1/C(=C(\c1[c]cccc1)c1ccc2[nH]nc(F)c2c1)C1CCC1. The number of aromatic amines is 1. The lowest BCUT2D eigenvalue weighted by molar-refractivity contribution is 0.401. The fourth-order valence-electron chi connectivity index (χ4n) is 4.24. The molecule has 5 rings (SSSR count). The van der Waals surface area contributed by atoms with Gasteiger partial charge in [0.1, 0.15) is 5.82 Å². The summed E-state index contributed by atoms with van der Waals surface area (Å²) in [7, 11) is 0. The van der Waals surface area contributed by atoms with Crippen molar-refractivity contribution in [3.8, 4) is 6.07 Å². The highest BCUT2D eigenvalue weighted by Crippen LogP contribution is 2.46. The van der Waals surface area contributed by atoms with Crippen LogP contribution in [0.5, 0.6) is 0 Å². The Hall–Kier alpha value is -3.78. The number of fused-ring (bicyclic) bond motifs is 1. The van der Waals surface area contributed by atoms with Crippen molar-refractivity contribution in [2.75, 3.05) is 0 Å². The molecule has 31 heavy (non-hydrogen) atoms. The number of H-pyrrole nitrogens is 1. The standard InChI is InChI=1S/C26H18F2N3/c27-20-10-11-21(19(13-20)15-29)25(17-7-4-8-17)24(16-5-2-1-3-6-16)18-9-12-23-22(14-18)26(28)31-30-23/h1-3,5,9-14,17H,4,7-8H2,(H,30,31)/b25-24+. The maximum absolute atomic E-state index is 14.3. The molecule has 3 nitrogen and oxygen atoms in total. The van der Waals surface area contributed by atoms with Crippen molar-refractivity contribution in [3.05, 3.63) is 101 Å². The molecule has 1 radical (unpaired) electrons. The van der Waals surface area contributed by atoms with E-state index in [1.54, 1.807) is 18.2 Å². The van der Waals surface area contributed by atoms with Crippen molar-refractivity contribution < 1.29 is 8.78 Å². The van der Waals surface area contributed by atoms with Gasteiger partial charge in [0.05, 0.1) is 22.5 Å². The molecule has 0 atom stereocenters. The average Bonchev–Trinajstić information content (AvgIpc) is 3.13. The number of halogens is 2. The van der Waals surface area contributed by atoms with Gasteiger partial charge in [-0.25, -0.2) is 4.39 Å². The molecule has 1 heterocycles. The van der Waals surface area contributed by atoms with Crippen molar-refractivity contribution in [1.29, 1.82) is 5.26 Å². The lowest BCUT2D eigenvalue weighted by Gasteiger charge is -2.32. The lowest BCUT2D eigenvalue weighted by atomic mass is 9.72. The highest BCUT2D eigenvalue weighted by atomic mass is 19.1. The van der Waals surface area contributed by atoms with Crippen molar-refractivity contribution >= 4 is 22.0 Å². The van der Waals surface area contributed by atoms with Crippen LogP contribution >= 0.6 is 0 Å². The molecule has 5 heteroatoms. The molecule has 0 amide bonds. The zero-order valence-electron chi connectivity index (χ0n) is 16.6. The second-order valence-corrected chi connectivity index (χ2v) is 7.77. The summed E-state index contributed by atoms with van der Waals surface area (Å²) >= 11 is 0. The second-order valence-electron chi connectivity index (χ2n) is 7.77. The lowest BCUT2D eigenvalue weighted by Crippen LogP contribution is -2.16. The topological polar surface area (TPSA) is 52.5 Å². The molecule has 0 bridgehead atoms. The Morgan fingerprint density at radius 3 is 2.68 bits per heavy atom. The predicted octanol–water partition coefficient (Wildman–Crippen LogP) is 6.27. The molecule has 4 aromatic rings. The van der Waals surface area contributed by atoms with E-state index >= 15 is 0 Å². The predicted molar refractivity (Wildman–Crippen MR) is 116 cm³/mol. The first-order valence-electron chi connectivity index (χ1n) is 10.2. The van der Waals surface area contributed by atoms with E-state index in [0.29, 0.717) is 22.0 Å². The molecule has 1 saturated carbocycles. The third-order valence-corrected chi connectivity index (χ3v) is 5.96. The fourth-order valence-corrected chi connectivity index (χ4v) is 4.24. The summed E-state index contributed by atoms with van der Waals surface area (Å²) in [5, 5.41) is 16.5. The number of nitrogens with one attached hydrogen (secondary N) is 1. The number of allylic oxidation sites excluding steroid dienone is 1. The third kappa shape index (κ3) is 3.40. The molecule has 1 fully saturated rings. The summed E-state index contributed by atoms with van der Waals surface area (Å²) in [6.07, 6.45) is 3.06. The Morgan fingerprint density at radius 1 is 1.10 bits per heavy atom. The number of nitriles is 1.